The molecule has 1 fully saturated rings. The minimum atomic E-state index is 0.0916. The Hall–Kier alpha value is -4.00. The summed E-state index contributed by atoms with van der Waals surface area (Å²) in [6, 6.07) is 23.0. The van der Waals surface area contributed by atoms with Crippen LogP contribution >= 0.6 is 0 Å². The third-order valence-corrected chi connectivity index (χ3v) is 6.92. The van der Waals surface area contributed by atoms with Gasteiger partial charge in [0.2, 0.25) is 0 Å². The molecule has 0 saturated carbocycles. The number of aryl methyl sites for hydroxylation is 1. The molecule has 3 heterocycles. The lowest BCUT2D eigenvalue weighted by Crippen LogP contribution is -2.53. The zero-order valence-electron chi connectivity index (χ0n) is 19.9. The summed E-state index contributed by atoms with van der Waals surface area (Å²) in [6.45, 7) is 6.73. The average Bonchev–Trinajstić information content (AvgIpc) is 3.14. The van der Waals surface area contributed by atoms with Crippen LogP contribution in [-0.4, -0.2) is 65.1 Å². The Labute approximate surface area is 204 Å². The summed E-state index contributed by atoms with van der Waals surface area (Å²) in [6.07, 6.45) is 0. The highest BCUT2D eigenvalue weighted by molar-refractivity contribution is 5.82. The summed E-state index contributed by atoms with van der Waals surface area (Å²) in [4.78, 5) is 27.5. The van der Waals surface area contributed by atoms with E-state index >= 15 is 0 Å². The van der Waals surface area contributed by atoms with Gasteiger partial charge in [-0.25, -0.2) is 9.78 Å². The van der Waals surface area contributed by atoms with E-state index in [0.717, 1.165) is 65.5 Å². The van der Waals surface area contributed by atoms with Crippen LogP contribution in [0.1, 0.15) is 11.4 Å². The van der Waals surface area contributed by atoms with Gasteiger partial charge in [-0.15, -0.1) is 0 Å². The van der Waals surface area contributed by atoms with Gasteiger partial charge in [-0.3, -0.25) is 0 Å². The first-order valence-electron chi connectivity index (χ1n) is 12.2. The molecule has 3 aromatic carbocycles. The van der Waals surface area contributed by atoms with Crippen molar-refractivity contribution >= 4 is 22.8 Å². The van der Waals surface area contributed by atoms with Crippen molar-refractivity contribution in [3.8, 4) is 16.9 Å². The molecule has 0 unspecified atom stereocenters. The highest BCUT2D eigenvalue weighted by Gasteiger charge is 2.27. The van der Waals surface area contributed by atoms with Crippen molar-refractivity contribution in [2.24, 2.45) is 0 Å². The molecule has 178 valence electrons. The Morgan fingerprint density at radius 2 is 1.66 bits per heavy atom. The van der Waals surface area contributed by atoms with Crippen molar-refractivity contribution in [3.63, 3.8) is 0 Å². The highest BCUT2D eigenvalue weighted by Crippen LogP contribution is 2.31. The first-order valence-corrected chi connectivity index (χ1v) is 12.2. The SMILES string of the molecule is Cc1nc2ccc(-c3ccc4c(c3)CN(C(=O)N3CCN(c5ccccc5)CC3)CCO4)cc2[nH]1. The van der Waals surface area contributed by atoms with E-state index in [4.69, 9.17) is 4.74 Å². The van der Waals surface area contributed by atoms with E-state index < -0.39 is 0 Å². The first kappa shape index (κ1) is 21.5. The molecule has 7 nitrogen and oxygen atoms in total. The van der Waals surface area contributed by atoms with Crippen molar-refractivity contribution in [1.82, 2.24) is 19.8 Å². The van der Waals surface area contributed by atoms with E-state index in [1.807, 2.05) is 34.9 Å². The first-order chi connectivity index (χ1) is 17.1. The summed E-state index contributed by atoms with van der Waals surface area (Å²) in [5.41, 5.74) is 6.46. The van der Waals surface area contributed by atoms with Crippen molar-refractivity contribution in [1.29, 1.82) is 0 Å². The summed E-state index contributed by atoms with van der Waals surface area (Å²) in [7, 11) is 0. The molecule has 1 saturated heterocycles. The summed E-state index contributed by atoms with van der Waals surface area (Å²) in [5, 5.41) is 0. The lowest BCUT2D eigenvalue weighted by atomic mass is 10.0. The van der Waals surface area contributed by atoms with E-state index in [1.54, 1.807) is 0 Å². The molecule has 4 aromatic rings. The fraction of sp³-hybridized carbons (Fsp3) is 0.286. The number of aromatic nitrogens is 2. The van der Waals surface area contributed by atoms with Crippen LogP contribution in [-0.2, 0) is 6.54 Å². The molecule has 0 radical (unpaired) electrons. The van der Waals surface area contributed by atoms with Crippen LogP contribution < -0.4 is 9.64 Å². The number of para-hydroxylation sites is 1. The van der Waals surface area contributed by atoms with Crippen LogP contribution in [0.5, 0.6) is 5.75 Å². The number of H-pyrrole nitrogens is 1. The average molecular weight is 468 g/mol. The molecule has 2 aliphatic heterocycles. The van der Waals surface area contributed by atoms with Crippen molar-refractivity contribution in [2.75, 3.05) is 44.2 Å². The second-order valence-corrected chi connectivity index (χ2v) is 9.24. The molecule has 0 aliphatic carbocycles. The second kappa shape index (κ2) is 8.98. The smallest absolute Gasteiger partial charge is 0.320 e. The quantitative estimate of drug-likeness (QED) is 0.465. The predicted octanol–water partition coefficient (Wildman–Crippen LogP) is 4.67. The van der Waals surface area contributed by atoms with Crippen LogP contribution in [0.4, 0.5) is 10.5 Å². The molecule has 35 heavy (non-hydrogen) atoms. The Morgan fingerprint density at radius 1 is 0.886 bits per heavy atom. The number of hydrogen-bond donors (Lipinski definition) is 1. The van der Waals surface area contributed by atoms with Gasteiger partial charge in [0.25, 0.3) is 0 Å². The number of ether oxygens (including phenoxy) is 1. The molecule has 0 bridgehead atoms. The number of imidazole rings is 1. The minimum absolute atomic E-state index is 0.0916. The van der Waals surface area contributed by atoms with Gasteiger partial charge in [-0.1, -0.05) is 30.3 Å². The maximum absolute atomic E-state index is 13.4. The Balaban J connectivity index is 1.18. The van der Waals surface area contributed by atoms with Crippen LogP contribution in [0.15, 0.2) is 66.7 Å². The number of anilines is 1. The third-order valence-electron chi connectivity index (χ3n) is 6.92. The van der Waals surface area contributed by atoms with Gasteiger partial charge in [0.15, 0.2) is 0 Å². The predicted molar refractivity (Wildman–Crippen MR) is 138 cm³/mol. The van der Waals surface area contributed by atoms with Gasteiger partial charge in [-0.2, -0.15) is 0 Å². The lowest BCUT2D eigenvalue weighted by Gasteiger charge is -2.38. The Morgan fingerprint density at radius 3 is 2.49 bits per heavy atom. The van der Waals surface area contributed by atoms with Crippen molar-refractivity contribution < 1.29 is 9.53 Å². The van der Waals surface area contributed by atoms with E-state index in [-0.39, 0.29) is 6.03 Å². The van der Waals surface area contributed by atoms with Gasteiger partial charge < -0.3 is 24.4 Å². The monoisotopic (exact) mass is 467 g/mol. The number of carbonyl (C=O) groups excluding carboxylic acids is 1. The van der Waals surface area contributed by atoms with Gasteiger partial charge >= 0.3 is 6.03 Å². The lowest BCUT2D eigenvalue weighted by molar-refractivity contribution is 0.143. The van der Waals surface area contributed by atoms with E-state index in [9.17, 15) is 4.79 Å². The number of urea groups is 1. The highest BCUT2D eigenvalue weighted by atomic mass is 16.5. The topological polar surface area (TPSA) is 64.7 Å². The number of rotatable bonds is 2. The second-order valence-electron chi connectivity index (χ2n) is 9.24. The number of carbonyl (C=O) groups is 1. The van der Waals surface area contributed by atoms with Crippen molar-refractivity contribution in [2.45, 2.75) is 13.5 Å². The molecule has 2 amide bonds. The molecule has 6 rings (SSSR count). The molecular formula is C28H29N5O2. The normalized spacial score (nSPS) is 16.1. The summed E-state index contributed by atoms with van der Waals surface area (Å²) < 4.78 is 6.02. The zero-order valence-corrected chi connectivity index (χ0v) is 19.9. The van der Waals surface area contributed by atoms with Gasteiger partial charge in [-0.05, 0) is 54.4 Å². The third kappa shape index (κ3) is 4.30. The largest absolute Gasteiger partial charge is 0.491 e. The summed E-state index contributed by atoms with van der Waals surface area (Å²) >= 11 is 0. The maximum Gasteiger partial charge on any atom is 0.320 e. The Bertz CT molecular complexity index is 1360. The fourth-order valence-electron chi connectivity index (χ4n) is 5.05. The molecule has 1 aromatic heterocycles. The van der Waals surface area contributed by atoms with Crippen LogP contribution in [0.3, 0.4) is 0 Å². The molecule has 1 N–H and O–H groups in total. The number of amides is 2. The number of benzene rings is 3. The van der Waals surface area contributed by atoms with Crippen molar-refractivity contribution in [3.05, 3.63) is 78.1 Å². The molecular weight excluding hydrogens is 438 g/mol. The number of aromatic amines is 1. The number of fused-ring (bicyclic) bond motifs is 2. The van der Waals surface area contributed by atoms with Crippen LogP contribution in [0.25, 0.3) is 22.2 Å². The van der Waals surface area contributed by atoms with Gasteiger partial charge in [0, 0.05) is 37.4 Å². The van der Waals surface area contributed by atoms with Crippen LogP contribution in [0, 0.1) is 6.92 Å². The van der Waals surface area contributed by atoms with E-state index in [1.165, 1.54) is 5.69 Å². The van der Waals surface area contributed by atoms with E-state index in [0.29, 0.717) is 19.7 Å². The zero-order chi connectivity index (χ0) is 23.8. The standard InChI is InChI=1S/C28H29N5O2/c1-20-29-25-9-7-22(18-26(25)30-20)21-8-10-27-23(17-21)19-33(15-16-35-27)28(34)32-13-11-31(12-14-32)24-5-3-2-4-6-24/h2-10,17-18H,11-16,19H2,1H3,(H,29,30). The van der Waals surface area contributed by atoms with E-state index in [2.05, 4.69) is 63.4 Å². The minimum Gasteiger partial charge on any atom is -0.491 e. The molecule has 2 aliphatic rings. The van der Waals surface area contributed by atoms with Crippen LogP contribution in [0.2, 0.25) is 0 Å². The Kier molecular flexibility index (Phi) is 5.52. The van der Waals surface area contributed by atoms with Gasteiger partial charge in [0.1, 0.15) is 18.2 Å². The maximum atomic E-state index is 13.4. The number of piperazine rings is 1. The number of nitrogens with one attached hydrogen (secondary N) is 1. The number of nitrogens with zero attached hydrogens (tertiary/aromatic N) is 4. The number of hydrogen-bond acceptors (Lipinski definition) is 4. The molecule has 0 spiro atoms. The molecule has 7 heteroatoms. The summed E-state index contributed by atoms with van der Waals surface area (Å²) in [5.74, 6) is 1.77. The molecule has 0 atom stereocenters. The fourth-order valence-corrected chi connectivity index (χ4v) is 5.05. The van der Waals surface area contributed by atoms with Gasteiger partial charge in [0.05, 0.1) is 24.1 Å².